The number of anilines is 1. The highest BCUT2D eigenvalue weighted by molar-refractivity contribution is 5.91. The van der Waals surface area contributed by atoms with Crippen LogP contribution in [0.1, 0.15) is 11.3 Å². The van der Waals surface area contributed by atoms with Crippen LogP contribution in [0.15, 0.2) is 66.9 Å². The van der Waals surface area contributed by atoms with Crippen molar-refractivity contribution in [3.63, 3.8) is 0 Å². The number of para-hydroxylation sites is 1. The van der Waals surface area contributed by atoms with E-state index in [1.807, 2.05) is 43.3 Å². The van der Waals surface area contributed by atoms with E-state index < -0.39 is 0 Å². The van der Waals surface area contributed by atoms with Crippen LogP contribution >= 0.6 is 0 Å². The van der Waals surface area contributed by atoms with Crippen molar-refractivity contribution in [2.24, 2.45) is 0 Å². The van der Waals surface area contributed by atoms with E-state index in [1.54, 1.807) is 23.0 Å². The van der Waals surface area contributed by atoms with Gasteiger partial charge >= 0.3 is 0 Å². The van der Waals surface area contributed by atoms with Gasteiger partial charge in [-0.25, -0.2) is 4.39 Å². The summed E-state index contributed by atoms with van der Waals surface area (Å²) in [7, 11) is 0. The Balaban J connectivity index is 1.38. The number of halogens is 1. The number of nitrogens with one attached hydrogen (secondary N) is 1. The van der Waals surface area contributed by atoms with Crippen molar-refractivity contribution in [1.82, 2.24) is 14.8 Å². The van der Waals surface area contributed by atoms with Crippen LogP contribution in [0.3, 0.4) is 0 Å². The molecule has 1 N–H and O–H groups in total. The number of nitrogens with zero attached hydrogens (tertiary/aromatic N) is 3. The molecule has 2 aromatic heterocycles. The fraction of sp³-hybridized carbons (Fsp3) is 0.136. The first kappa shape index (κ1) is 18.6. The van der Waals surface area contributed by atoms with Crippen LogP contribution in [0.4, 0.5) is 10.2 Å². The van der Waals surface area contributed by atoms with Crippen molar-refractivity contribution in [3.05, 3.63) is 83.9 Å². The third-order valence-corrected chi connectivity index (χ3v) is 4.31. The van der Waals surface area contributed by atoms with Gasteiger partial charge in [0.25, 0.3) is 5.91 Å². The van der Waals surface area contributed by atoms with Crippen LogP contribution in [-0.2, 0) is 11.3 Å². The summed E-state index contributed by atoms with van der Waals surface area (Å²) in [6, 6.07) is 17.4. The fourth-order valence-electron chi connectivity index (χ4n) is 3.05. The highest BCUT2D eigenvalue weighted by Gasteiger charge is 2.10. The van der Waals surface area contributed by atoms with Gasteiger partial charge in [-0.15, -0.1) is 0 Å². The molecule has 146 valence electrons. The lowest BCUT2D eigenvalue weighted by atomic mass is 10.2. The number of aryl methyl sites for hydroxylation is 1. The summed E-state index contributed by atoms with van der Waals surface area (Å²) in [6.07, 6.45) is 1.72. The molecule has 29 heavy (non-hydrogen) atoms. The van der Waals surface area contributed by atoms with E-state index in [-0.39, 0.29) is 18.3 Å². The number of carbonyl (C=O) groups is 1. The van der Waals surface area contributed by atoms with Crippen LogP contribution in [0.2, 0.25) is 0 Å². The Morgan fingerprint density at radius 2 is 2.00 bits per heavy atom. The van der Waals surface area contributed by atoms with Crippen LogP contribution in [-0.4, -0.2) is 27.3 Å². The standard InChI is InChI=1S/C22H19FN4O2/c1-15-11-20(18-7-2-3-8-19(18)24-15)29-14-22(28)25-21-9-10-27(26-21)13-16-5-4-6-17(23)12-16/h2-12H,13-14H2,1H3,(H,25,26,28). The normalized spacial score (nSPS) is 10.8. The highest BCUT2D eigenvalue weighted by Crippen LogP contribution is 2.25. The first-order valence-corrected chi connectivity index (χ1v) is 9.14. The molecule has 0 radical (unpaired) electrons. The molecular weight excluding hydrogens is 371 g/mol. The average Bonchev–Trinajstić information content (AvgIpc) is 3.12. The smallest absolute Gasteiger partial charge is 0.263 e. The van der Waals surface area contributed by atoms with E-state index in [0.717, 1.165) is 22.2 Å². The van der Waals surface area contributed by atoms with Gasteiger partial charge in [-0.1, -0.05) is 24.3 Å². The number of hydrogen-bond donors (Lipinski definition) is 1. The van der Waals surface area contributed by atoms with Crippen molar-refractivity contribution in [2.75, 3.05) is 11.9 Å². The van der Waals surface area contributed by atoms with Gasteiger partial charge in [0.15, 0.2) is 12.4 Å². The number of rotatable bonds is 6. The molecule has 0 saturated heterocycles. The first-order valence-electron chi connectivity index (χ1n) is 9.14. The minimum atomic E-state index is -0.320. The molecule has 4 rings (SSSR count). The fourth-order valence-corrected chi connectivity index (χ4v) is 3.05. The number of fused-ring (bicyclic) bond motifs is 1. The molecule has 0 bridgehead atoms. The number of carbonyl (C=O) groups excluding carboxylic acids is 1. The summed E-state index contributed by atoms with van der Waals surface area (Å²) in [5.74, 6) is 0.407. The molecule has 0 aliphatic carbocycles. The van der Waals surface area contributed by atoms with E-state index in [0.29, 0.717) is 18.1 Å². The highest BCUT2D eigenvalue weighted by atomic mass is 19.1. The van der Waals surface area contributed by atoms with Crippen LogP contribution < -0.4 is 10.1 Å². The summed E-state index contributed by atoms with van der Waals surface area (Å²) in [5, 5.41) is 7.85. The SMILES string of the molecule is Cc1cc(OCC(=O)Nc2ccn(Cc3cccc(F)c3)n2)c2ccccc2n1. The van der Waals surface area contributed by atoms with Crippen molar-refractivity contribution in [2.45, 2.75) is 13.5 Å². The molecule has 0 atom stereocenters. The summed E-state index contributed by atoms with van der Waals surface area (Å²) in [6.45, 7) is 2.14. The number of pyridine rings is 1. The Morgan fingerprint density at radius 1 is 1.14 bits per heavy atom. The number of benzene rings is 2. The molecule has 6 nitrogen and oxygen atoms in total. The van der Waals surface area contributed by atoms with Gasteiger partial charge in [-0.05, 0) is 36.8 Å². The Bertz CT molecular complexity index is 1170. The van der Waals surface area contributed by atoms with Gasteiger partial charge in [-0.2, -0.15) is 5.10 Å². The van der Waals surface area contributed by atoms with Gasteiger partial charge in [0.1, 0.15) is 11.6 Å². The summed E-state index contributed by atoms with van der Waals surface area (Å²) in [4.78, 5) is 16.7. The van der Waals surface area contributed by atoms with Crippen molar-refractivity contribution in [1.29, 1.82) is 0 Å². The molecular formula is C22H19FN4O2. The minimum absolute atomic E-state index is 0.149. The number of ether oxygens (including phenoxy) is 1. The summed E-state index contributed by atoms with van der Waals surface area (Å²) in [5.41, 5.74) is 2.42. The zero-order valence-corrected chi connectivity index (χ0v) is 15.8. The minimum Gasteiger partial charge on any atom is -0.483 e. The quantitative estimate of drug-likeness (QED) is 0.541. The first-order chi connectivity index (χ1) is 14.1. The van der Waals surface area contributed by atoms with Gasteiger partial charge in [0.05, 0.1) is 12.1 Å². The Labute approximate surface area is 167 Å². The van der Waals surface area contributed by atoms with E-state index >= 15 is 0 Å². The Kier molecular flexibility index (Phi) is 5.20. The molecule has 7 heteroatoms. The lowest BCUT2D eigenvalue weighted by Crippen LogP contribution is -2.20. The topological polar surface area (TPSA) is 69.0 Å². The number of amides is 1. The molecule has 0 aliphatic heterocycles. The average molecular weight is 390 g/mol. The Morgan fingerprint density at radius 3 is 2.86 bits per heavy atom. The molecule has 0 fully saturated rings. The predicted molar refractivity (Wildman–Crippen MR) is 108 cm³/mol. The number of aromatic nitrogens is 3. The lowest BCUT2D eigenvalue weighted by Gasteiger charge is -2.10. The van der Waals surface area contributed by atoms with E-state index in [4.69, 9.17) is 4.74 Å². The largest absolute Gasteiger partial charge is 0.483 e. The van der Waals surface area contributed by atoms with Crippen molar-refractivity contribution < 1.29 is 13.9 Å². The Hall–Kier alpha value is -3.74. The van der Waals surface area contributed by atoms with E-state index in [2.05, 4.69) is 15.4 Å². The van der Waals surface area contributed by atoms with Gasteiger partial charge in [0.2, 0.25) is 0 Å². The lowest BCUT2D eigenvalue weighted by molar-refractivity contribution is -0.118. The van der Waals surface area contributed by atoms with Gasteiger partial charge < -0.3 is 10.1 Å². The molecule has 0 saturated carbocycles. The van der Waals surface area contributed by atoms with Crippen LogP contribution in [0.25, 0.3) is 10.9 Å². The maximum Gasteiger partial charge on any atom is 0.263 e. The zero-order valence-electron chi connectivity index (χ0n) is 15.8. The van der Waals surface area contributed by atoms with Gasteiger partial charge in [0, 0.05) is 29.4 Å². The predicted octanol–water partition coefficient (Wildman–Crippen LogP) is 3.94. The maximum absolute atomic E-state index is 13.3. The molecule has 0 spiro atoms. The van der Waals surface area contributed by atoms with Crippen LogP contribution in [0.5, 0.6) is 5.75 Å². The third-order valence-electron chi connectivity index (χ3n) is 4.31. The van der Waals surface area contributed by atoms with E-state index in [9.17, 15) is 9.18 Å². The molecule has 1 amide bonds. The van der Waals surface area contributed by atoms with Crippen molar-refractivity contribution >= 4 is 22.6 Å². The monoisotopic (exact) mass is 390 g/mol. The van der Waals surface area contributed by atoms with Crippen LogP contribution in [0, 0.1) is 12.7 Å². The molecule has 0 aliphatic rings. The molecule has 4 aromatic rings. The summed E-state index contributed by atoms with van der Waals surface area (Å²) >= 11 is 0. The maximum atomic E-state index is 13.3. The van der Waals surface area contributed by atoms with Gasteiger partial charge in [-0.3, -0.25) is 14.5 Å². The summed E-state index contributed by atoms with van der Waals surface area (Å²) < 4.78 is 20.6. The third kappa shape index (κ3) is 4.57. The molecule has 0 unspecified atom stereocenters. The second-order valence-electron chi connectivity index (χ2n) is 6.64. The molecule has 2 aromatic carbocycles. The second-order valence-corrected chi connectivity index (χ2v) is 6.64. The van der Waals surface area contributed by atoms with E-state index in [1.165, 1.54) is 12.1 Å². The number of hydrogen-bond acceptors (Lipinski definition) is 4. The molecule has 2 heterocycles. The second kappa shape index (κ2) is 8.10. The van der Waals surface area contributed by atoms with Crippen molar-refractivity contribution in [3.8, 4) is 5.75 Å². The zero-order chi connectivity index (χ0) is 20.2.